The third-order valence-electron chi connectivity index (χ3n) is 5.06. The molecular formula is C17H30ClN3. The number of halogens is 1. The highest BCUT2D eigenvalue weighted by Crippen LogP contribution is 2.36. The van der Waals surface area contributed by atoms with Gasteiger partial charge in [-0.1, -0.05) is 38.3 Å². The predicted octanol–water partition coefficient (Wildman–Crippen LogP) is 4.12. The molecule has 0 aromatic carbocycles. The predicted molar refractivity (Wildman–Crippen MR) is 89.9 cm³/mol. The second-order valence-corrected chi connectivity index (χ2v) is 6.96. The first-order valence-corrected chi connectivity index (χ1v) is 8.85. The molecule has 1 heterocycles. The number of aromatic nitrogens is 2. The van der Waals surface area contributed by atoms with Crippen LogP contribution in [0.15, 0.2) is 0 Å². The van der Waals surface area contributed by atoms with Crippen molar-refractivity contribution in [2.24, 2.45) is 18.9 Å². The Bertz CT molecular complexity index is 455. The van der Waals surface area contributed by atoms with E-state index in [0.717, 1.165) is 35.5 Å². The molecule has 1 fully saturated rings. The van der Waals surface area contributed by atoms with E-state index in [9.17, 15) is 0 Å². The highest BCUT2D eigenvalue weighted by atomic mass is 35.5. The Kier molecular flexibility index (Phi) is 6.12. The Morgan fingerprint density at radius 1 is 1.38 bits per heavy atom. The van der Waals surface area contributed by atoms with Gasteiger partial charge in [0.25, 0.3) is 0 Å². The SMILES string of the molecule is CCCNC(Cc1c(Cl)c(C)nn1C)C1CCC(CC)C1. The average Bonchev–Trinajstić information content (AvgIpc) is 3.03. The van der Waals surface area contributed by atoms with Crippen LogP contribution < -0.4 is 5.32 Å². The molecule has 1 N–H and O–H groups in total. The van der Waals surface area contributed by atoms with Crippen LogP contribution in [0.1, 0.15) is 57.3 Å². The molecule has 1 aromatic rings. The molecule has 0 radical (unpaired) electrons. The van der Waals surface area contributed by atoms with Crippen LogP contribution in [0, 0.1) is 18.8 Å². The maximum atomic E-state index is 6.44. The molecule has 1 saturated carbocycles. The lowest BCUT2D eigenvalue weighted by atomic mass is 9.92. The third kappa shape index (κ3) is 4.01. The highest BCUT2D eigenvalue weighted by Gasteiger charge is 2.31. The molecule has 120 valence electrons. The summed E-state index contributed by atoms with van der Waals surface area (Å²) < 4.78 is 1.96. The fraction of sp³-hybridized carbons (Fsp3) is 0.824. The first-order valence-electron chi connectivity index (χ1n) is 8.48. The Balaban J connectivity index is 2.09. The van der Waals surface area contributed by atoms with E-state index in [1.807, 2.05) is 18.7 Å². The van der Waals surface area contributed by atoms with Gasteiger partial charge in [0.15, 0.2) is 0 Å². The lowest BCUT2D eigenvalue weighted by molar-refractivity contribution is 0.339. The van der Waals surface area contributed by atoms with E-state index in [2.05, 4.69) is 24.3 Å². The molecule has 0 spiro atoms. The quantitative estimate of drug-likeness (QED) is 0.821. The Morgan fingerprint density at radius 2 is 2.14 bits per heavy atom. The van der Waals surface area contributed by atoms with Crippen LogP contribution >= 0.6 is 11.6 Å². The average molecular weight is 312 g/mol. The lowest BCUT2D eigenvalue weighted by Gasteiger charge is -2.25. The standard InChI is InChI=1S/C17H30ClN3/c1-5-9-19-15(14-8-7-13(6-2)10-14)11-16-17(18)12(3)20-21(16)4/h13-15,19H,5-11H2,1-4H3. The van der Waals surface area contributed by atoms with Crippen LogP contribution in [0.25, 0.3) is 0 Å². The van der Waals surface area contributed by atoms with Crippen molar-refractivity contribution in [2.45, 2.75) is 65.3 Å². The molecule has 1 aromatic heterocycles. The third-order valence-corrected chi connectivity index (χ3v) is 5.55. The van der Waals surface area contributed by atoms with E-state index in [-0.39, 0.29) is 0 Å². The molecule has 2 rings (SSSR count). The molecule has 3 unspecified atom stereocenters. The van der Waals surface area contributed by atoms with Crippen molar-refractivity contribution >= 4 is 11.6 Å². The van der Waals surface area contributed by atoms with Crippen LogP contribution in [-0.4, -0.2) is 22.4 Å². The van der Waals surface area contributed by atoms with Gasteiger partial charge in [-0.25, -0.2) is 0 Å². The summed E-state index contributed by atoms with van der Waals surface area (Å²) in [6.45, 7) is 7.63. The Hall–Kier alpha value is -0.540. The minimum Gasteiger partial charge on any atom is -0.313 e. The van der Waals surface area contributed by atoms with Gasteiger partial charge in [0.2, 0.25) is 0 Å². The van der Waals surface area contributed by atoms with Crippen molar-refractivity contribution in [1.82, 2.24) is 15.1 Å². The smallest absolute Gasteiger partial charge is 0.0847 e. The zero-order valence-corrected chi connectivity index (χ0v) is 14.7. The van der Waals surface area contributed by atoms with Crippen LogP contribution in [0.5, 0.6) is 0 Å². The van der Waals surface area contributed by atoms with E-state index in [1.54, 1.807) is 0 Å². The van der Waals surface area contributed by atoms with Crippen molar-refractivity contribution in [3.8, 4) is 0 Å². The molecule has 0 saturated heterocycles. The van der Waals surface area contributed by atoms with Gasteiger partial charge in [-0.2, -0.15) is 5.10 Å². The number of rotatable bonds is 7. The zero-order chi connectivity index (χ0) is 15.4. The fourth-order valence-electron chi connectivity index (χ4n) is 3.70. The van der Waals surface area contributed by atoms with Gasteiger partial charge in [-0.3, -0.25) is 4.68 Å². The number of nitrogens with zero attached hydrogens (tertiary/aromatic N) is 2. The van der Waals surface area contributed by atoms with Crippen molar-refractivity contribution in [3.05, 3.63) is 16.4 Å². The van der Waals surface area contributed by atoms with Crippen molar-refractivity contribution in [3.63, 3.8) is 0 Å². The minimum absolute atomic E-state index is 0.536. The van der Waals surface area contributed by atoms with Crippen molar-refractivity contribution in [2.75, 3.05) is 6.54 Å². The number of nitrogens with one attached hydrogen (secondary N) is 1. The van der Waals surface area contributed by atoms with Crippen LogP contribution in [-0.2, 0) is 13.5 Å². The number of hydrogen-bond donors (Lipinski definition) is 1. The summed E-state index contributed by atoms with van der Waals surface area (Å²) in [4.78, 5) is 0. The Labute approximate surface area is 134 Å². The fourth-order valence-corrected chi connectivity index (χ4v) is 3.93. The topological polar surface area (TPSA) is 29.9 Å². The second kappa shape index (κ2) is 7.64. The molecule has 0 bridgehead atoms. The summed E-state index contributed by atoms with van der Waals surface area (Å²) in [5.41, 5.74) is 2.13. The largest absolute Gasteiger partial charge is 0.313 e. The lowest BCUT2D eigenvalue weighted by Crippen LogP contribution is -2.38. The molecule has 1 aliphatic rings. The number of aryl methyl sites for hydroxylation is 2. The minimum atomic E-state index is 0.536. The first kappa shape index (κ1) is 16.8. The summed E-state index contributed by atoms with van der Waals surface area (Å²) in [5.74, 6) is 1.71. The van der Waals surface area contributed by atoms with Crippen LogP contribution in [0.4, 0.5) is 0 Å². The van der Waals surface area contributed by atoms with Crippen LogP contribution in [0.3, 0.4) is 0 Å². The van der Waals surface area contributed by atoms with Gasteiger partial charge in [0.1, 0.15) is 0 Å². The summed E-state index contributed by atoms with van der Waals surface area (Å²) in [6, 6.07) is 0.536. The molecule has 3 nitrogen and oxygen atoms in total. The molecule has 1 aliphatic carbocycles. The van der Waals surface area contributed by atoms with Gasteiger partial charge < -0.3 is 5.32 Å². The highest BCUT2D eigenvalue weighted by molar-refractivity contribution is 6.31. The van der Waals surface area contributed by atoms with Gasteiger partial charge in [-0.05, 0) is 44.6 Å². The molecule has 21 heavy (non-hydrogen) atoms. The van der Waals surface area contributed by atoms with Crippen LogP contribution in [0.2, 0.25) is 5.02 Å². The molecule has 0 aliphatic heterocycles. The Morgan fingerprint density at radius 3 is 2.67 bits per heavy atom. The monoisotopic (exact) mass is 311 g/mol. The number of hydrogen-bond acceptors (Lipinski definition) is 2. The van der Waals surface area contributed by atoms with Gasteiger partial charge >= 0.3 is 0 Å². The van der Waals surface area contributed by atoms with E-state index >= 15 is 0 Å². The zero-order valence-electron chi connectivity index (χ0n) is 14.0. The van der Waals surface area contributed by atoms with Crippen molar-refractivity contribution in [1.29, 1.82) is 0 Å². The van der Waals surface area contributed by atoms with E-state index in [1.165, 1.54) is 37.8 Å². The molecule has 4 heteroatoms. The first-order chi connectivity index (χ1) is 10.1. The molecule has 0 amide bonds. The molecule has 3 atom stereocenters. The maximum Gasteiger partial charge on any atom is 0.0847 e. The van der Waals surface area contributed by atoms with Crippen molar-refractivity contribution < 1.29 is 0 Å². The summed E-state index contributed by atoms with van der Waals surface area (Å²) >= 11 is 6.44. The summed E-state index contributed by atoms with van der Waals surface area (Å²) in [5, 5.41) is 9.08. The second-order valence-electron chi connectivity index (χ2n) is 6.58. The van der Waals surface area contributed by atoms with Gasteiger partial charge in [0.05, 0.1) is 16.4 Å². The summed E-state index contributed by atoms with van der Waals surface area (Å²) in [7, 11) is 2.01. The van der Waals surface area contributed by atoms with Gasteiger partial charge in [0, 0.05) is 19.5 Å². The van der Waals surface area contributed by atoms with E-state index in [0.29, 0.717) is 6.04 Å². The summed E-state index contributed by atoms with van der Waals surface area (Å²) in [6.07, 6.45) is 7.61. The van der Waals surface area contributed by atoms with E-state index in [4.69, 9.17) is 11.6 Å². The van der Waals surface area contributed by atoms with E-state index < -0.39 is 0 Å². The van der Waals surface area contributed by atoms with Gasteiger partial charge in [-0.15, -0.1) is 0 Å². The maximum absolute atomic E-state index is 6.44. The molecular weight excluding hydrogens is 282 g/mol. The normalized spacial score (nSPS) is 23.7.